The second kappa shape index (κ2) is 8.47. The molecule has 8 nitrogen and oxygen atoms in total. The van der Waals surface area contributed by atoms with Gasteiger partial charge < -0.3 is 23.8 Å². The predicted octanol–water partition coefficient (Wildman–Crippen LogP) is 1.60. The minimum atomic E-state index is -1.09. The average Bonchev–Trinajstić information content (AvgIpc) is 3.15. The second-order valence-corrected chi connectivity index (χ2v) is 5.82. The summed E-state index contributed by atoms with van der Waals surface area (Å²) in [7, 11) is 8.95. The first-order chi connectivity index (χ1) is 13.5. The maximum absolute atomic E-state index is 10.8. The van der Waals surface area contributed by atoms with Crippen LogP contribution in [0.3, 0.4) is 0 Å². The minimum absolute atomic E-state index is 0.183. The number of carboxylic acid groups (broad SMARTS) is 1. The zero-order valence-corrected chi connectivity index (χ0v) is 15.3. The molecule has 1 aromatic heterocycles. The number of aromatic nitrogens is 2. The number of hydrogen-bond donors (Lipinski definition) is 1. The highest BCUT2D eigenvalue weighted by molar-refractivity contribution is 6.32. The second-order valence-electron chi connectivity index (χ2n) is 5.82. The van der Waals surface area contributed by atoms with E-state index in [0.29, 0.717) is 34.8 Å². The maximum atomic E-state index is 10.8. The maximum Gasteiger partial charge on any atom is 0.341 e. The van der Waals surface area contributed by atoms with Crippen molar-refractivity contribution in [2.75, 3.05) is 20.8 Å². The van der Waals surface area contributed by atoms with Crippen molar-refractivity contribution in [3.05, 3.63) is 47.8 Å². The third-order valence-corrected chi connectivity index (χ3v) is 3.86. The molecule has 142 valence electrons. The first-order valence-electron chi connectivity index (χ1n) is 8.28. The van der Waals surface area contributed by atoms with Crippen molar-refractivity contribution >= 4 is 19.3 Å². The molecule has 0 aliphatic rings. The molecule has 0 unspecified atom stereocenters. The summed E-state index contributed by atoms with van der Waals surface area (Å²) < 4.78 is 21.1. The van der Waals surface area contributed by atoms with Crippen molar-refractivity contribution in [2.24, 2.45) is 0 Å². The van der Waals surface area contributed by atoms with Gasteiger partial charge in [0.25, 0.3) is 5.89 Å². The molecule has 3 aromatic rings. The van der Waals surface area contributed by atoms with E-state index in [4.69, 9.17) is 31.7 Å². The molecule has 3 rings (SSSR count). The summed E-state index contributed by atoms with van der Waals surface area (Å²) in [4.78, 5) is 15.1. The Bertz CT molecular complexity index is 988. The van der Waals surface area contributed by atoms with Crippen LogP contribution in [0.1, 0.15) is 11.4 Å². The van der Waals surface area contributed by atoms with Gasteiger partial charge in [-0.3, -0.25) is 0 Å². The van der Waals surface area contributed by atoms with Crippen LogP contribution in [0.4, 0.5) is 0 Å². The lowest BCUT2D eigenvalue weighted by molar-refractivity contribution is -0.139. The molecule has 0 fully saturated rings. The van der Waals surface area contributed by atoms with Gasteiger partial charge in [0, 0.05) is 6.42 Å². The van der Waals surface area contributed by atoms with Crippen molar-refractivity contribution < 1.29 is 28.6 Å². The molecule has 2 aromatic carbocycles. The van der Waals surface area contributed by atoms with Crippen LogP contribution in [0.25, 0.3) is 11.5 Å². The van der Waals surface area contributed by atoms with Gasteiger partial charge in [0.1, 0.15) is 13.6 Å². The van der Waals surface area contributed by atoms with Crippen LogP contribution in [-0.2, 0) is 11.2 Å². The number of benzene rings is 2. The molecule has 0 aliphatic carbocycles. The number of methoxy groups -OCH3 is 2. The summed E-state index contributed by atoms with van der Waals surface area (Å²) in [6.07, 6.45) is 0.400. The van der Waals surface area contributed by atoms with Crippen LogP contribution in [-0.4, -0.2) is 49.9 Å². The van der Waals surface area contributed by atoms with E-state index in [2.05, 4.69) is 10.1 Å². The summed E-state index contributed by atoms with van der Waals surface area (Å²) in [6, 6.07) is 10.2. The van der Waals surface area contributed by atoms with Crippen molar-refractivity contribution in [1.82, 2.24) is 10.1 Å². The van der Waals surface area contributed by atoms with Crippen LogP contribution in [0.5, 0.6) is 17.2 Å². The first kappa shape index (κ1) is 19.3. The minimum Gasteiger partial charge on any atom is -0.493 e. The third-order valence-electron chi connectivity index (χ3n) is 3.86. The summed E-state index contributed by atoms with van der Waals surface area (Å²) in [5, 5.41) is 12.8. The van der Waals surface area contributed by atoms with Gasteiger partial charge in [0.15, 0.2) is 23.9 Å². The Morgan fingerprint density at radius 2 is 1.86 bits per heavy atom. The molecule has 0 atom stereocenters. The number of carboxylic acids is 1. The molecule has 0 spiro atoms. The Kier molecular flexibility index (Phi) is 5.83. The molecule has 0 aliphatic heterocycles. The molecule has 2 radical (unpaired) electrons. The summed E-state index contributed by atoms with van der Waals surface area (Å²) in [5.41, 5.74) is 1.78. The summed E-state index contributed by atoms with van der Waals surface area (Å²) in [6.45, 7) is -0.496. The van der Waals surface area contributed by atoms with Gasteiger partial charge in [-0.1, -0.05) is 28.8 Å². The van der Waals surface area contributed by atoms with Gasteiger partial charge in [-0.15, -0.1) is 0 Å². The van der Waals surface area contributed by atoms with Gasteiger partial charge >= 0.3 is 5.97 Å². The smallest absolute Gasteiger partial charge is 0.341 e. The lowest BCUT2D eigenvalue weighted by atomic mass is 9.94. The number of nitrogens with zero attached hydrogens (tertiary/aromatic N) is 2. The third kappa shape index (κ3) is 4.43. The Hall–Kier alpha value is -3.49. The van der Waals surface area contributed by atoms with Crippen molar-refractivity contribution in [3.8, 4) is 28.7 Å². The summed E-state index contributed by atoms with van der Waals surface area (Å²) in [5.74, 6) is 1.04. The Morgan fingerprint density at radius 3 is 2.57 bits per heavy atom. The van der Waals surface area contributed by atoms with Gasteiger partial charge in [0.2, 0.25) is 0 Å². The predicted molar refractivity (Wildman–Crippen MR) is 101 cm³/mol. The monoisotopic (exact) mass is 380 g/mol. The fraction of sp³-hybridized carbons (Fsp3) is 0.211. The molecule has 0 amide bonds. The zero-order chi connectivity index (χ0) is 20.1. The van der Waals surface area contributed by atoms with Crippen LogP contribution < -0.4 is 19.7 Å². The highest BCUT2D eigenvalue weighted by Crippen LogP contribution is 2.30. The molecule has 0 bridgehead atoms. The number of hydrogen-bond acceptors (Lipinski definition) is 7. The fourth-order valence-corrected chi connectivity index (χ4v) is 2.59. The van der Waals surface area contributed by atoms with E-state index in [1.807, 2.05) is 12.1 Å². The fourth-order valence-electron chi connectivity index (χ4n) is 2.59. The van der Waals surface area contributed by atoms with E-state index in [0.717, 1.165) is 5.56 Å². The van der Waals surface area contributed by atoms with Crippen LogP contribution >= 0.6 is 0 Å². The van der Waals surface area contributed by atoms with E-state index in [-0.39, 0.29) is 11.6 Å². The van der Waals surface area contributed by atoms with E-state index < -0.39 is 12.6 Å². The van der Waals surface area contributed by atoms with Gasteiger partial charge in [-0.25, -0.2) is 4.79 Å². The Morgan fingerprint density at radius 1 is 1.11 bits per heavy atom. The lowest BCUT2D eigenvalue weighted by Crippen LogP contribution is -2.11. The van der Waals surface area contributed by atoms with Crippen LogP contribution in [0, 0.1) is 0 Å². The van der Waals surface area contributed by atoms with E-state index in [9.17, 15) is 4.79 Å². The van der Waals surface area contributed by atoms with E-state index >= 15 is 0 Å². The first-order valence-corrected chi connectivity index (χ1v) is 8.28. The van der Waals surface area contributed by atoms with Crippen molar-refractivity contribution in [3.63, 3.8) is 0 Å². The van der Waals surface area contributed by atoms with Crippen molar-refractivity contribution in [1.29, 1.82) is 0 Å². The normalized spacial score (nSPS) is 10.5. The number of carbonyl (C=O) groups is 1. The number of rotatable bonds is 8. The van der Waals surface area contributed by atoms with Crippen LogP contribution in [0.15, 0.2) is 40.9 Å². The van der Waals surface area contributed by atoms with E-state index in [1.54, 1.807) is 38.5 Å². The van der Waals surface area contributed by atoms with Crippen LogP contribution in [0.2, 0.25) is 0 Å². The molecule has 9 heteroatoms. The van der Waals surface area contributed by atoms with Gasteiger partial charge in [-0.05, 0) is 23.8 Å². The van der Waals surface area contributed by atoms with Gasteiger partial charge in [-0.2, -0.15) is 4.98 Å². The lowest BCUT2D eigenvalue weighted by Gasteiger charge is -2.08. The average molecular weight is 380 g/mol. The van der Waals surface area contributed by atoms with E-state index in [1.165, 1.54) is 0 Å². The SMILES string of the molecule is [B]c1ccc(OCC(=O)O)c(-c2nc(Cc3ccc(OC)c(OC)c3)no2)c1. The Balaban J connectivity index is 1.84. The Labute approximate surface area is 162 Å². The van der Waals surface area contributed by atoms with Crippen molar-refractivity contribution in [2.45, 2.75) is 6.42 Å². The number of aliphatic carboxylic acids is 1. The standard InChI is InChI=1S/C19H17BN2O6/c1-25-15-5-3-11(7-16(15)26-2)8-17-21-19(28-22-17)13-9-12(20)4-6-14(13)27-10-18(23)24/h3-7,9H,8,10H2,1-2H3,(H,23,24). The molecule has 28 heavy (non-hydrogen) atoms. The highest BCUT2D eigenvalue weighted by atomic mass is 16.5. The molecule has 0 saturated heterocycles. The highest BCUT2D eigenvalue weighted by Gasteiger charge is 2.16. The quantitative estimate of drug-likeness (QED) is 0.588. The largest absolute Gasteiger partial charge is 0.493 e. The zero-order valence-electron chi connectivity index (χ0n) is 15.3. The topological polar surface area (TPSA) is 104 Å². The molecule has 0 saturated carbocycles. The molecular formula is C19H17BN2O6. The molecular weight excluding hydrogens is 363 g/mol. The number of ether oxygens (including phenoxy) is 3. The van der Waals surface area contributed by atoms with Gasteiger partial charge in [0.05, 0.1) is 19.8 Å². The summed E-state index contributed by atoms with van der Waals surface area (Å²) >= 11 is 0. The molecule has 1 N–H and O–H groups in total. The molecule has 1 heterocycles.